The van der Waals surface area contributed by atoms with Crippen LogP contribution in [0.5, 0.6) is 0 Å². The molecule has 0 N–H and O–H groups in total. The molecule has 2 aromatic carbocycles. The van der Waals surface area contributed by atoms with Gasteiger partial charge in [-0.2, -0.15) is 0 Å². The summed E-state index contributed by atoms with van der Waals surface area (Å²) in [4.78, 5) is 17.3. The number of ketones is 1. The van der Waals surface area contributed by atoms with Crippen molar-refractivity contribution in [1.29, 1.82) is 0 Å². The zero-order chi connectivity index (χ0) is 22.1. The van der Waals surface area contributed by atoms with Crippen LogP contribution in [0.3, 0.4) is 0 Å². The van der Waals surface area contributed by atoms with Gasteiger partial charge >= 0.3 is 0 Å². The summed E-state index contributed by atoms with van der Waals surface area (Å²) in [6, 6.07) is 19.0. The van der Waals surface area contributed by atoms with E-state index in [9.17, 15) is 13.2 Å². The summed E-state index contributed by atoms with van der Waals surface area (Å²) in [5, 5.41) is 0. The Morgan fingerprint density at radius 2 is 1.27 bits per heavy atom. The molecule has 160 valence electrons. The van der Waals surface area contributed by atoms with E-state index in [0.29, 0.717) is 8.64 Å². The van der Waals surface area contributed by atoms with Gasteiger partial charge in [0, 0.05) is 23.9 Å². The molecule has 0 atom stereocenters. The minimum atomic E-state index is -3.65. The maximum Gasteiger partial charge on any atom is 0.175 e. The first kappa shape index (κ1) is 24.8. The van der Waals surface area contributed by atoms with Crippen molar-refractivity contribution >= 4 is 72.2 Å². The molecule has 2 aromatic rings. The van der Waals surface area contributed by atoms with Crippen molar-refractivity contribution < 1.29 is 13.2 Å². The Hall–Kier alpha value is -1.46. The number of likely N-dealkylation sites (N-methyl/N-ethyl adjacent to an activating group) is 1. The summed E-state index contributed by atoms with van der Waals surface area (Å²) in [6.07, 6.45) is 0. The molecule has 0 aromatic heterocycles. The van der Waals surface area contributed by atoms with E-state index in [4.69, 9.17) is 24.4 Å². The van der Waals surface area contributed by atoms with E-state index in [1.807, 2.05) is 60.7 Å². The topological polar surface area (TPSA) is 57.7 Å². The number of nitrogens with zero attached hydrogens (tertiary/aromatic N) is 2. The number of hydrogen-bond donors (Lipinski definition) is 0. The summed E-state index contributed by atoms with van der Waals surface area (Å²) >= 11 is 13.3. The molecule has 0 spiro atoms. The van der Waals surface area contributed by atoms with E-state index >= 15 is 0 Å². The zero-order valence-electron chi connectivity index (χ0n) is 16.6. The van der Waals surface area contributed by atoms with Gasteiger partial charge < -0.3 is 9.80 Å². The van der Waals surface area contributed by atoms with Crippen LogP contribution in [0.25, 0.3) is 0 Å². The van der Waals surface area contributed by atoms with Crippen molar-refractivity contribution in [1.82, 2.24) is 9.80 Å². The lowest BCUT2D eigenvalue weighted by Crippen LogP contribution is -2.36. The van der Waals surface area contributed by atoms with Crippen molar-refractivity contribution in [2.75, 3.05) is 32.3 Å². The third kappa shape index (κ3) is 8.73. The normalized spacial score (nSPS) is 11.0. The molecule has 0 saturated heterocycles. The fourth-order valence-corrected chi connectivity index (χ4v) is 6.04. The average Bonchev–Trinajstić information content (AvgIpc) is 2.68. The molecule has 0 amide bonds. The van der Waals surface area contributed by atoms with Crippen LogP contribution in [0, 0.1) is 0 Å². The lowest BCUT2D eigenvalue weighted by molar-refractivity contribution is -0.116. The largest absolute Gasteiger partial charge is 0.353 e. The number of carbonyl (C=O) groups is 1. The average molecular weight is 499 g/mol. The highest BCUT2D eigenvalue weighted by atomic mass is 32.2. The second-order valence-electron chi connectivity index (χ2n) is 6.47. The third-order valence-corrected chi connectivity index (χ3v) is 8.36. The number of thiocarbonyl (C=S) groups is 2. The van der Waals surface area contributed by atoms with Crippen LogP contribution >= 0.6 is 48.0 Å². The number of rotatable bonds is 8. The van der Waals surface area contributed by atoms with Crippen LogP contribution in [0.15, 0.2) is 70.5 Å². The maximum absolute atomic E-state index is 12.5. The van der Waals surface area contributed by atoms with Crippen LogP contribution in [0.1, 0.15) is 0 Å². The molecule has 2 rings (SSSR count). The zero-order valence-corrected chi connectivity index (χ0v) is 20.6. The van der Waals surface area contributed by atoms with Gasteiger partial charge in [-0.3, -0.25) is 4.79 Å². The third-order valence-electron chi connectivity index (χ3n) is 3.70. The Morgan fingerprint density at radius 1 is 0.833 bits per heavy atom. The lowest BCUT2D eigenvalue weighted by Gasteiger charge is -2.21. The summed E-state index contributed by atoms with van der Waals surface area (Å²) in [5.74, 6) is -1.29. The Labute approximate surface area is 197 Å². The highest BCUT2D eigenvalue weighted by Crippen LogP contribution is 2.22. The summed E-state index contributed by atoms with van der Waals surface area (Å²) < 4.78 is 25.9. The number of thioether (sulfide) groups is 2. The van der Waals surface area contributed by atoms with E-state index in [1.54, 1.807) is 19.0 Å². The summed E-state index contributed by atoms with van der Waals surface area (Å²) in [5.41, 5.74) is 0. The van der Waals surface area contributed by atoms with Crippen molar-refractivity contribution in [3.63, 3.8) is 0 Å². The van der Waals surface area contributed by atoms with E-state index < -0.39 is 21.4 Å². The van der Waals surface area contributed by atoms with Gasteiger partial charge in [0.15, 0.2) is 15.6 Å². The molecule has 0 heterocycles. The molecule has 0 radical (unpaired) electrons. The van der Waals surface area contributed by atoms with Crippen LogP contribution in [0.2, 0.25) is 0 Å². The minimum absolute atomic E-state index is 0.0647. The van der Waals surface area contributed by atoms with Crippen LogP contribution in [-0.2, 0) is 14.6 Å². The van der Waals surface area contributed by atoms with Gasteiger partial charge in [-0.15, -0.1) is 0 Å². The molecule has 0 aliphatic carbocycles. The molecule has 30 heavy (non-hydrogen) atoms. The number of hydrogen-bond acceptors (Lipinski definition) is 7. The number of Topliss-reactive ketones (excluding diaryl/α,β-unsaturated/α-hetero) is 1. The first-order valence-corrected chi connectivity index (χ1v) is 13.1. The van der Waals surface area contributed by atoms with E-state index in [2.05, 4.69) is 0 Å². The van der Waals surface area contributed by atoms with Crippen LogP contribution in [-0.4, -0.2) is 64.9 Å². The number of sulfone groups is 1. The predicted octanol–water partition coefficient (Wildman–Crippen LogP) is 3.95. The van der Waals surface area contributed by atoms with Crippen molar-refractivity contribution in [2.45, 2.75) is 9.79 Å². The maximum atomic E-state index is 12.5. The monoisotopic (exact) mass is 498 g/mol. The quantitative estimate of drug-likeness (QED) is 0.398. The molecular formula is C20H22N2O3S5. The standard InChI is InChI=1S/C20H22N2O3S5/c1-21(19(26)28-17-9-5-3-6-10-17)13-16(23)14-30(24,25)15-22(2)20(27)29-18-11-7-4-8-12-18/h3-12H,13-15H2,1-2H3. The first-order chi connectivity index (χ1) is 14.2. The molecule has 0 aliphatic heterocycles. The van der Waals surface area contributed by atoms with Crippen molar-refractivity contribution in [2.24, 2.45) is 0 Å². The molecule has 0 fully saturated rings. The Bertz CT molecular complexity index is 982. The SMILES string of the molecule is CN(CC(=O)CS(=O)(=O)CN(C)C(=S)Sc1ccccc1)C(=S)Sc1ccccc1. The van der Waals surface area contributed by atoms with Crippen LogP contribution < -0.4 is 0 Å². The fourth-order valence-electron chi connectivity index (χ4n) is 2.35. The van der Waals surface area contributed by atoms with Gasteiger partial charge in [-0.05, 0) is 24.3 Å². The van der Waals surface area contributed by atoms with Crippen LogP contribution in [0.4, 0.5) is 0 Å². The molecule has 10 heteroatoms. The van der Waals surface area contributed by atoms with Gasteiger partial charge in [0.25, 0.3) is 0 Å². The number of benzene rings is 2. The Balaban J connectivity index is 1.83. The summed E-state index contributed by atoms with van der Waals surface area (Å²) in [7, 11) is -0.358. The second kappa shape index (κ2) is 11.8. The van der Waals surface area contributed by atoms with E-state index in [0.717, 1.165) is 9.79 Å². The molecule has 0 bridgehead atoms. The highest BCUT2D eigenvalue weighted by molar-refractivity contribution is 8.23. The Kier molecular flexibility index (Phi) is 9.76. The van der Waals surface area contributed by atoms with E-state index in [1.165, 1.54) is 28.4 Å². The molecule has 0 saturated carbocycles. The van der Waals surface area contributed by atoms with Gasteiger partial charge in [-0.1, -0.05) is 84.4 Å². The van der Waals surface area contributed by atoms with Gasteiger partial charge in [-0.25, -0.2) is 8.42 Å². The van der Waals surface area contributed by atoms with Gasteiger partial charge in [0.05, 0.1) is 6.54 Å². The highest BCUT2D eigenvalue weighted by Gasteiger charge is 2.22. The molecule has 0 aliphatic rings. The minimum Gasteiger partial charge on any atom is -0.353 e. The second-order valence-corrected chi connectivity index (χ2v) is 11.9. The predicted molar refractivity (Wildman–Crippen MR) is 134 cm³/mol. The molecule has 0 unspecified atom stereocenters. The molecule has 5 nitrogen and oxygen atoms in total. The lowest BCUT2D eigenvalue weighted by atomic mass is 10.4. The fraction of sp³-hybridized carbons (Fsp3) is 0.250. The van der Waals surface area contributed by atoms with E-state index in [-0.39, 0.29) is 12.4 Å². The van der Waals surface area contributed by atoms with Gasteiger partial charge in [0.2, 0.25) is 0 Å². The Morgan fingerprint density at radius 3 is 1.73 bits per heavy atom. The first-order valence-electron chi connectivity index (χ1n) is 8.84. The summed E-state index contributed by atoms with van der Waals surface area (Å²) in [6.45, 7) is -0.0647. The van der Waals surface area contributed by atoms with Crippen molar-refractivity contribution in [3.05, 3.63) is 60.7 Å². The van der Waals surface area contributed by atoms with Crippen molar-refractivity contribution in [3.8, 4) is 0 Å². The van der Waals surface area contributed by atoms with Gasteiger partial charge in [0.1, 0.15) is 20.3 Å². The number of carbonyl (C=O) groups excluding carboxylic acids is 1. The molecular weight excluding hydrogens is 477 g/mol. The smallest absolute Gasteiger partial charge is 0.175 e.